The number of benzene rings is 2. The lowest BCUT2D eigenvalue weighted by atomic mass is 9.97. The molecule has 0 spiro atoms. The Morgan fingerprint density at radius 2 is 1.47 bits per heavy atom. The first kappa shape index (κ1) is 10.8. The van der Waals surface area contributed by atoms with Crippen molar-refractivity contribution < 1.29 is 5.73 Å². The first-order valence-electron chi connectivity index (χ1n) is 6.77. The predicted molar refractivity (Wildman–Crippen MR) is 78.1 cm³/mol. The second kappa shape index (κ2) is 3.94. The van der Waals surface area contributed by atoms with Crippen molar-refractivity contribution in [2.45, 2.75) is 12.8 Å². The van der Waals surface area contributed by atoms with Crippen LogP contribution in [0.1, 0.15) is 22.3 Å². The number of fused-ring (bicyclic) bond motifs is 2. The van der Waals surface area contributed by atoms with Gasteiger partial charge in [0.25, 0.3) is 0 Å². The molecular formula is C18H16N+. The minimum atomic E-state index is 1.02. The van der Waals surface area contributed by atoms with Gasteiger partial charge in [-0.05, 0) is 34.8 Å². The molecule has 4 rings (SSSR count). The van der Waals surface area contributed by atoms with Crippen molar-refractivity contribution in [1.82, 2.24) is 0 Å². The monoisotopic (exact) mass is 246 g/mol. The van der Waals surface area contributed by atoms with Crippen molar-refractivity contribution in [2.75, 3.05) is 0 Å². The van der Waals surface area contributed by atoms with Gasteiger partial charge in [0.05, 0.1) is 0 Å². The molecule has 0 radical (unpaired) electrons. The highest BCUT2D eigenvalue weighted by Crippen LogP contribution is 2.40. The lowest BCUT2D eigenvalue weighted by molar-refractivity contribution is -0.244. The molecule has 0 atom stereocenters. The third-order valence-electron chi connectivity index (χ3n) is 4.23. The first-order valence-corrected chi connectivity index (χ1v) is 6.77. The molecule has 2 aliphatic rings. The zero-order valence-corrected chi connectivity index (χ0v) is 10.8. The molecule has 0 fully saturated rings. The Bertz CT molecular complexity index is 735. The van der Waals surface area contributed by atoms with Gasteiger partial charge in [-0.2, -0.15) is 0 Å². The molecule has 19 heavy (non-hydrogen) atoms. The van der Waals surface area contributed by atoms with Crippen LogP contribution >= 0.6 is 0 Å². The smallest absolute Gasteiger partial charge is 0.139 e. The SMILES string of the molecule is [NH3+]C1=C(C2=CCc3ccccc32)Cc2ccccc21. The maximum atomic E-state index is 4.32. The molecule has 3 N–H and O–H groups in total. The summed E-state index contributed by atoms with van der Waals surface area (Å²) >= 11 is 0. The molecule has 0 aromatic heterocycles. The van der Waals surface area contributed by atoms with E-state index in [-0.39, 0.29) is 0 Å². The fourth-order valence-corrected chi connectivity index (χ4v) is 3.26. The maximum Gasteiger partial charge on any atom is 0.139 e. The van der Waals surface area contributed by atoms with Gasteiger partial charge in [0.1, 0.15) is 5.70 Å². The van der Waals surface area contributed by atoms with Gasteiger partial charge in [-0.25, -0.2) is 0 Å². The van der Waals surface area contributed by atoms with Gasteiger partial charge in [0.2, 0.25) is 0 Å². The normalized spacial score (nSPS) is 16.4. The Labute approximate surface area is 113 Å². The molecule has 0 aliphatic heterocycles. The highest BCUT2D eigenvalue weighted by atomic mass is 14.6. The zero-order chi connectivity index (χ0) is 12.8. The van der Waals surface area contributed by atoms with Crippen molar-refractivity contribution in [3.8, 4) is 0 Å². The molecule has 92 valence electrons. The van der Waals surface area contributed by atoms with Crippen LogP contribution in [-0.2, 0) is 12.8 Å². The molecule has 0 bridgehead atoms. The molecule has 1 heteroatoms. The summed E-state index contributed by atoms with van der Waals surface area (Å²) < 4.78 is 0. The number of rotatable bonds is 1. The average Bonchev–Trinajstić information content (AvgIpc) is 3.01. The first-order chi connectivity index (χ1) is 9.34. The zero-order valence-electron chi connectivity index (χ0n) is 10.8. The summed E-state index contributed by atoms with van der Waals surface area (Å²) in [5.74, 6) is 0. The van der Waals surface area contributed by atoms with E-state index in [2.05, 4.69) is 60.3 Å². The van der Waals surface area contributed by atoms with Gasteiger partial charge in [-0.3, -0.25) is 0 Å². The molecule has 0 saturated heterocycles. The molecule has 2 aliphatic carbocycles. The summed E-state index contributed by atoms with van der Waals surface area (Å²) in [7, 11) is 0. The van der Waals surface area contributed by atoms with Gasteiger partial charge in [-0.1, -0.05) is 48.5 Å². The summed E-state index contributed by atoms with van der Waals surface area (Å²) in [6, 6.07) is 17.3. The van der Waals surface area contributed by atoms with Crippen LogP contribution in [0.15, 0.2) is 60.2 Å². The number of hydrogen-bond donors (Lipinski definition) is 1. The van der Waals surface area contributed by atoms with Gasteiger partial charge >= 0.3 is 0 Å². The average molecular weight is 246 g/mol. The second-order valence-electron chi connectivity index (χ2n) is 5.27. The Morgan fingerprint density at radius 1 is 0.789 bits per heavy atom. The summed E-state index contributed by atoms with van der Waals surface area (Å²) in [5, 5.41) is 0. The number of hydrogen-bond acceptors (Lipinski definition) is 0. The minimum absolute atomic E-state index is 1.02. The second-order valence-corrected chi connectivity index (χ2v) is 5.27. The molecule has 0 saturated carbocycles. The minimum Gasteiger partial charge on any atom is -0.324 e. The standard InChI is InChI=1S/C18H15N/c19-18-15-8-4-2-6-13(15)11-17(18)16-10-9-12-5-1-3-7-14(12)16/h1-8,10H,9,11,19H2/p+1. The van der Waals surface area contributed by atoms with Crippen LogP contribution in [0.3, 0.4) is 0 Å². The number of quaternary nitrogens is 1. The van der Waals surface area contributed by atoms with E-state index in [1.807, 2.05) is 0 Å². The molecular weight excluding hydrogens is 230 g/mol. The Kier molecular flexibility index (Phi) is 2.23. The van der Waals surface area contributed by atoms with Crippen molar-refractivity contribution in [1.29, 1.82) is 0 Å². The molecule has 0 heterocycles. The highest BCUT2D eigenvalue weighted by molar-refractivity contribution is 5.93. The van der Waals surface area contributed by atoms with E-state index in [0.29, 0.717) is 0 Å². The van der Waals surface area contributed by atoms with Crippen LogP contribution in [-0.4, -0.2) is 0 Å². The maximum absolute atomic E-state index is 4.32. The highest BCUT2D eigenvalue weighted by Gasteiger charge is 2.27. The van der Waals surface area contributed by atoms with Crippen LogP contribution in [0.2, 0.25) is 0 Å². The topological polar surface area (TPSA) is 27.6 Å². The quantitative estimate of drug-likeness (QED) is 0.801. The molecule has 1 nitrogen and oxygen atoms in total. The predicted octanol–water partition coefficient (Wildman–Crippen LogP) is 2.84. The van der Waals surface area contributed by atoms with Crippen LogP contribution in [0.25, 0.3) is 11.3 Å². The van der Waals surface area contributed by atoms with E-state index in [4.69, 9.17) is 0 Å². The largest absolute Gasteiger partial charge is 0.324 e. The van der Waals surface area contributed by atoms with Gasteiger partial charge < -0.3 is 5.73 Å². The van der Waals surface area contributed by atoms with Crippen molar-refractivity contribution in [3.05, 3.63) is 82.4 Å². The van der Waals surface area contributed by atoms with E-state index < -0.39 is 0 Å². The molecule has 2 aromatic rings. The van der Waals surface area contributed by atoms with Gasteiger partial charge in [0, 0.05) is 17.6 Å². The van der Waals surface area contributed by atoms with Crippen LogP contribution in [0.4, 0.5) is 0 Å². The van der Waals surface area contributed by atoms with Crippen molar-refractivity contribution in [2.24, 2.45) is 0 Å². The summed E-state index contributed by atoms with van der Waals surface area (Å²) in [6.45, 7) is 0. The van der Waals surface area contributed by atoms with Gasteiger partial charge in [-0.15, -0.1) is 0 Å². The van der Waals surface area contributed by atoms with Crippen LogP contribution in [0, 0.1) is 0 Å². The lowest BCUT2D eigenvalue weighted by Crippen LogP contribution is -2.46. The van der Waals surface area contributed by atoms with Crippen LogP contribution in [0.5, 0.6) is 0 Å². The summed E-state index contributed by atoms with van der Waals surface area (Å²) in [6.07, 6.45) is 4.44. The van der Waals surface area contributed by atoms with E-state index in [9.17, 15) is 0 Å². The van der Waals surface area contributed by atoms with Crippen molar-refractivity contribution >= 4 is 11.3 Å². The van der Waals surface area contributed by atoms with E-state index >= 15 is 0 Å². The van der Waals surface area contributed by atoms with Gasteiger partial charge in [0.15, 0.2) is 0 Å². The summed E-state index contributed by atoms with van der Waals surface area (Å²) in [5.41, 5.74) is 13.9. The van der Waals surface area contributed by atoms with E-state index in [1.165, 1.54) is 39.1 Å². The Balaban J connectivity index is 1.83. The third-order valence-corrected chi connectivity index (χ3v) is 4.23. The lowest BCUT2D eigenvalue weighted by Gasteiger charge is -2.06. The Hall–Kier alpha value is -2.12. The fraction of sp³-hybridized carbons (Fsp3) is 0.111. The Morgan fingerprint density at radius 3 is 2.26 bits per heavy atom. The molecule has 0 unspecified atom stereocenters. The molecule has 0 amide bonds. The van der Waals surface area contributed by atoms with Crippen molar-refractivity contribution in [3.63, 3.8) is 0 Å². The van der Waals surface area contributed by atoms with E-state index in [1.54, 1.807) is 0 Å². The third kappa shape index (κ3) is 1.52. The number of allylic oxidation sites excluding steroid dienone is 3. The summed E-state index contributed by atoms with van der Waals surface area (Å²) in [4.78, 5) is 0. The van der Waals surface area contributed by atoms with Crippen LogP contribution < -0.4 is 5.73 Å². The fourth-order valence-electron chi connectivity index (χ4n) is 3.26. The van der Waals surface area contributed by atoms with E-state index in [0.717, 1.165) is 12.8 Å². The molecule has 2 aromatic carbocycles.